The Morgan fingerprint density at radius 1 is 1.33 bits per heavy atom. The van der Waals surface area contributed by atoms with Gasteiger partial charge in [-0.2, -0.15) is 0 Å². The van der Waals surface area contributed by atoms with E-state index in [1.807, 2.05) is 6.92 Å². The van der Waals surface area contributed by atoms with Crippen molar-refractivity contribution in [2.24, 2.45) is 11.8 Å². The summed E-state index contributed by atoms with van der Waals surface area (Å²) in [6.07, 6.45) is 6.56. The van der Waals surface area contributed by atoms with Crippen molar-refractivity contribution in [3.8, 4) is 0 Å². The number of fused-ring (bicyclic) bond motifs is 3. The van der Waals surface area contributed by atoms with Crippen LogP contribution in [-0.2, 0) is 11.8 Å². The molecule has 2 heteroatoms. The zero-order chi connectivity index (χ0) is 15.4. The molecule has 0 radical (unpaired) electrons. The van der Waals surface area contributed by atoms with Gasteiger partial charge in [0.1, 0.15) is 0 Å². The van der Waals surface area contributed by atoms with E-state index in [2.05, 4.69) is 26.8 Å². The van der Waals surface area contributed by atoms with Gasteiger partial charge in [-0.05, 0) is 78.7 Å². The molecule has 4 unspecified atom stereocenters. The maximum absolute atomic E-state index is 6.61. The third kappa shape index (κ3) is 2.34. The van der Waals surface area contributed by atoms with E-state index in [0.717, 1.165) is 22.4 Å². The highest BCUT2D eigenvalue weighted by atomic mass is 35.5. The average molecular weight is 325 g/mol. The van der Waals surface area contributed by atoms with E-state index >= 15 is 0 Å². The van der Waals surface area contributed by atoms with Crippen molar-refractivity contribution in [1.82, 2.24) is 0 Å². The Hall–Kier alpha value is -0.200. The molecule has 0 spiro atoms. The first-order valence-electron chi connectivity index (χ1n) is 8.32. The molecule has 1 saturated carbocycles. The van der Waals surface area contributed by atoms with Crippen molar-refractivity contribution in [2.45, 2.75) is 70.6 Å². The fourth-order valence-corrected chi connectivity index (χ4v) is 5.95. The monoisotopic (exact) mass is 324 g/mol. The Bertz CT molecular complexity index is 561. The third-order valence-electron chi connectivity index (χ3n) is 6.29. The normalized spacial score (nSPS) is 33.2. The maximum Gasteiger partial charge on any atom is 0.0574 e. The van der Waals surface area contributed by atoms with Crippen molar-refractivity contribution in [1.29, 1.82) is 0 Å². The van der Waals surface area contributed by atoms with Gasteiger partial charge in [-0.25, -0.2) is 0 Å². The fraction of sp³-hybridized carbons (Fsp3) is 0.684. The maximum atomic E-state index is 6.61. The number of hydrogen-bond acceptors (Lipinski definition) is 0. The number of benzene rings is 1. The largest absolute Gasteiger partial charge is 0.118 e. The minimum Gasteiger partial charge on any atom is -0.118 e. The average Bonchev–Trinajstić information content (AvgIpc) is 2.39. The van der Waals surface area contributed by atoms with Crippen LogP contribution in [0.1, 0.15) is 74.1 Å². The molecule has 0 bridgehead atoms. The first-order chi connectivity index (χ1) is 9.86. The molecule has 0 amide bonds. The fourth-order valence-electron chi connectivity index (χ4n) is 5.20. The van der Waals surface area contributed by atoms with Crippen molar-refractivity contribution < 1.29 is 0 Å². The van der Waals surface area contributed by atoms with Crippen LogP contribution in [-0.4, -0.2) is 0 Å². The van der Waals surface area contributed by atoms with Gasteiger partial charge in [0.15, 0.2) is 0 Å². The molecule has 116 valence electrons. The number of rotatable bonds is 1. The van der Waals surface area contributed by atoms with Crippen molar-refractivity contribution >= 4 is 23.2 Å². The van der Waals surface area contributed by atoms with E-state index < -0.39 is 0 Å². The van der Waals surface area contributed by atoms with Gasteiger partial charge in [-0.1, -0.05) is 38.3 Å². The summed E-state index contributed by atoms with van der Waals surface area (Å²) in [6.45, 7) is 9.16. The molecule has 0 aromatic heterocycles. The smallest absolute Gasteiger partial charge is 0.0574 e. The number of halogens is 2. The summed E-state index contributed by atoms with van der Waals surface area (Å²) >= 11 is 13.0. The van der Waals surface area contributed by atoms with Gasteiger partial charge >= 0.3 is 0 Å². The van der Waals surface area contributed by atoms with Crippen LogP contribution in [0, 0.1) is 18.8 Å². The van der Waals surface area contributed by atoms with Crippen LogP contribution in [0.2, 0.25) is 5.02 Å². The molecule has 1 fully saturated rings. The topological polar surface area (TPSA) is 0 Å². The Morgan fingerprint density at radius 2 is 2.05 bits per heavy atom. The van der Waals surface area contributed by atoms with Gasteiger partial charge < -0.3 is 0 Å². The highest BCUT2D eigenvalue weighted by Crippen LogP contribution is 2.54. The molecule has 0 heterocycles. The molecular weight excluding hydrogens is 299 g/mol. The summed E-state index contributed by atoms with van der Waals surface area (Å²) in [5.41, 5.74) is 5.86. The molecule has 3 rings (SSSR count). The molecule has 0 N–H and O–H groups in total. The minimum absolute atomic E-state index is 0.0152. The standard InChI is InChI=1S/C19H26Cl2/c1-11-6-5-9-19(4)15(11)8-7-14-12(2)18(13(3)20)17(21)10-16(14)19/h10-11,13,15H,5-9H2,1-4H3. The molecule has 2 aliphatic rings. The van der Waals surface area contributed by atoms with E-state index in [9.17, 15) is 0 Å². The van der Waals surface area contributed by atoms with E-state index in [1.54, 1.807) is 0 Å². The van der Waals surface area contributed by atoms with Gasteiger partial charge in [0.25, 0.3) is 0 Å². The van der Waals surface area contributed by atoms with E-state index in [4.69, 9.17) is 23.2 Å². The molecule has 2 aliphatic carbocycles. The predicted octanol–water partition coefficient (Wildman–Crippen LogP) is 6.59. The minimum atomic E-state index is -0.0152. The molecular formula is C19H26Cl2. The van der Waals surface area contributed by atoms with Gasteiger partial charge in [0, 0.05) is 5.02 Å². The van der Waals surface area contributed by atoms with Gasteiger partial charge in [-0.15, -0.1) is 11.6 Å². The van der Waals surface area contributed by atoms with Crippen LogP contribution >= 0.6 is 23.2 Å². The highest BCUT2D eigenvalue weighted by molar-refractivity contribution is 6.33. The van der Waals surface area contributed by atoms with Gasteiger partial charge in [-0.3, -0.25) is 0 Å². The zero-order valence-corrected chi connectivity index (χ0v) is 15.1. The molecule has 0 nitrogen and oxygen atoms in total. The van der Waals surface area contributed by atoms with Crippen molar-refractivity contribution in [3.63, 3.8) is 0 Å². The van der Waals surface area contributed by atoms with Crippen LogP contribution in [0.5, 0.6) is 0 Å². The first kappa shape index (κ1) is 15.7. The van der Waals surface area contributed by atoms with Crippen LogP contribution in [0.3, 0.4) is 0 Å². The van der Waals surface area contributed by atoms with Gasteiger partial charge in [0.05, 0.1) is 5.38 Å². The number of hydrogen-bond donors (Lipinski definition) is 0. The lowest BCUT2D eigenvalue weighted by Crippen LogP contribution is -2.43. The summed E-state index contributed by atoms with van der Waals surface area (Å²) in [7, 11) is 0. The first-order valence-corrected chi connectivity index (χ1v) is 9.14. The van der Waals surface area contributed by atoms with Crippen molar-refractivity contribution in [2.75, 3.05) is 0 Å². The second kappa shape index (κ2) is 5.46. The van der Waals surface area contributed by atoms with Crippen LogP contribution < -0.4 is 0 Å². The molecule has 1 aromatic carbocycles. The molecule has 4 atom stereocenters. The molecule has 0 aliphatic heterocycles. The van der Waals surface area contributed by atoms with E-state index in [1.165, 1.54) is 48.8 Å². The lowest BCUT2D eigenvalue weighted by Gasteiger charge is -2.50. The summed E-state index contributed by atoms with van der Waals surface area (Å²) in [4.78, 5) is 0. The lowest BCUT2D eigenvalue weighted by molar-refractivity contribution is 0.117. The quantitative estimate of drug-likeness (QED) is 0.511. The van der Waals surface area contributed by atoms with E-state index in [0.29, 0.717) is 5.41 Å². The van der Waals surface area contributed by atoms with Gasteiger partial charge in [0.2, 0.25) is 0 Å². The molecule has 1 aromatic rings. The lowest BCUT2D eigenvalue weighted by atomic mass is 9.55. The van der Waals surface area contributed by atoms with E-state index in [-0.39, 0.29) is 5.38 Å². The predicted molar refractivity (Wildman–Crippen MR) is 92.6 cm³/mol. The Balaban J connectivity index is 2.18. The second-order valence-electron chi connectivity index (χ2n) is 7.47. The Kier molecular flexibility index (Phi) is 4.08. The molecule has 0 saturated heterocycles. The van der Waals surface area contributed by atoms with Crippen molar-refractivity contribution in [3.05, 3.63) is 33.3 Å². The third-order valence-corrected chi connectivity index (χ3v) is 6.82. The zero-order valence-electron chi connectivity index (χ0n) is 13.6. The second-order valence-corrected chi connectivity index (χ2v) is 8.53. The van der Waals surface area contributed by atoms with Crippen LogP contribution in [0.15, 0.2) is 6.07 Å². The summed E-state index contributed by atoms with van der Waals surface area (Å²) in [5, 5.41) is 0.854. The molecule has 21 heavy (non-hydrogen) atoms. The number of alkyl halides is 1. The summed E-state index contributed by atoms with van der Waals surface area (Å²) in [5.74, 6) is 1.65. The van der Waals surface area contributed by atoms with Crippen LogP contribution in [0.25, 0.3) is 0 Å². The Morgan fingerprint density at radius 3 is 2.71 bits per heavy atom. The Labute approximate surface area is 139 Å². The summed E-state index contributed by atoms with van der Waals surface area (Å²) in [6, 6.07) is 2.25. The van der Waals surface area contributed by atoms with Crippen LogP contribution in [0.4, 0.5) is 0 Å². The summed E-state index contributed by atoms with van der Waals surface area (Å²) < 4.78 is 0. The SMILES string of the molecule is Cc1c2c(cc(Cl)c1C(C)Cl)C1(C)CCCC(C)C1CC2. The highest BCUT2D eigenvalue weighted by Gasteiger charge is 2.45.